The van der Waals surface area contributed by atoms with E-state index < -0.39 is 0 Å². The molecule has 0 atom stereocenters. The minimum Gasteiger partial charge on any atom is -0.299 e. The summed E-state index contributed by atoms with van der Waals surface area (Å²) in [6.45, 7) is 4.41. The molecular formula is C15H26NO+. The van der Waals surface area contributed by atoms with Crippen molar-refractivity contribution in [2.75, 3.05) is 0 Å². The molecule has 2 heteroatoms. The quantitative estimate of drug-likeness (QED) is 0.694. The molecule has 0 heterocycles. The van der Waals surface area contributed by atoms with Crippen LogP contribution in [0.1, 0.15) is 71.6 Å². The molecule has 0 radical (unpaired) electrons. The number of ketones is 1. The van der Waals surface area contributed by atoms with Crippen molar-refractivity contribution in [1.29, 1.82) is 0 Å². The van der Waals surface area contributed by atoms with Crippen molar-refractivity contribution in [3.8, 4) is 0 Å². The van der Waals surface area contributed by atoms with Crippen molar-refractivity contribution >= 4 is 11.5 Å². The molecule has 96 valence electrons. The largest absolute Gasteiger partial charge is 0.299 e. The molecule has 0 amide bonds. The minimum atomic E-state index is 0.169. The van der Waals surface area contributed by atoms with Gasteiger partial charge in [-0.2, -0.15) is 0 Å². The average Bonchev–Trinajstić information content (AvgIpc) is 2.42. The lowest BCUT2D eigenvalue weighted by atomic mass is 9.76. The lowest BCUT2D eigenvalue weighted by Crippen LogP contribution is -2.80. The first kappa shape index (κ1) is 12.8. The Kier molecular flexibility index (Phi) is 4.01. The van der Waals surface area contributed by atoms with Crippen LogP contribution in [0.25, 0.3) is 0 Å². The van der Waals surface area contributed by atoms with Gasteiger partial charge in [-0.05, 0) is 18.3 Å². The Bertz CT molecular complexity index is 309. The lowest BCUT2D eigenvalue weighted by Gasteiger charge is -2.27. The van der Waals surface area contributed by atoms with Crippen molar-refractivity contribution in [2.24, 2.45) is 5.41 Å². The highest BCUT2D eigenvalue weighted by atomic mass is 16.1. The number of nitrogens with one attached hydrogen (secondary N) is 1. The predicted octanol–water partition coefficient (Wildman–Crippen LogP) is 2.01. The number of hydrogen-bond donors (Lipinski definition) is 1. The van der Waals surface area contributed by atoms with Crippen molar-refractivity contribution in [1.82, 2.24) is 0 Å². The van der Waals surface area contributed by atoms with Crippen LogP contribution >= 0.6 is 0 Å². The Balaban J connectivity index is 2.01. The summed E-state index contributed by atoms with van der Waals surface area (Å²) in [5.41, 5.74) is 1.47. The summed E-state index contributed by atoms with van der Waals surface area (Å²) >= 11 is 0. The standard InChI is InChI=1S/C15H25NO/c1-15(2)10-13(9-14(17)11-15)16-12-7-5-3-4-6-8-12/h12H,3-11H2,1-2H3/p+1. The van der Waals surface area contributed by atoms with E-state index in [1.54, 1.807) is 0 Å². The average molecular weight is 236 g/mol. The van der Waals surface area contributed by atoms with Gasteiger partial charge in [-0.25, -0.2) is 4.99 Å². The molecule has 17 heavy (non-hydrogen) atoms. The van der Waals surface area contributed by atoms with E-state index in [2.05, 4.69) is 18.8 Å². The highest BCUT2D eigenvalue weighted by molar-refractivity contribution is 6.02. The summed E-state index contributed by atoms with van der Waals surface area (Å²) in [5, 5.41) is 0. The zero-order valence-corrected chi connectivity index (χ0v) is 11.3. The Labute approximate surface area is 105 Å². The van der Waals surface area contributed by atoms with E-state index in [1.807, 2.05) is 0 Å². The molecule has 2 rings (SSSR count). The maximum absolute atomic E-state index is 11.7. The number of carbonyl (C=O) groups excluding carboxylic acids is 1. The summed E-state index contributed by atoms with van der Waals surface area (Å²) in [5.74, 6) is 0.414. The van der Waals surface area contributed by atoms with E-state index in [-0.39, 0.29) is 5.41 Å². The van der Waals surface area contributed by atoms with Gasteiger partial charge in [0.15, 0.2) is 11.8 Å². The molecule has 0 aromatic heterocycles. The zero-order valence-electron chi connectivity index (χ0n) is 11.3. The van der Waals surface area contributed by atoms with E-state index in [1.165, 1.54) is 44.2 Å². The van der Waals surface area contributed by atoms with Crippen LogP contribution in [0.15, 0.2) is 0 Å². The van der Waals surface area contributed by atoms with Crippen LogP contribution in [0, 0.1) is 5.41 Å². The van der Waals surface area contributed by atoms with Gasteiger partial charge in [0, 0.05) is 25.7 Å². The van der Waals surface area contributed by atoms with Crippen LogP contribution < -0.4 is 4.99 Å². The normalized spacial score (nSPS) is 29.3. The molecule has 2 aliphatic carbocycles. The molecule has 2 nitrogen and oxygen atoms in total. The summed E-state index contributed by atoms with van der Waals surface area (Å²) < 4.78 is 0. The zero-order chi connectivity index (χ0) is 12.3. The molecule has 0 bridgehead atoms. The van der Waals surface area contributed by atoms with Gasteiger partial charge in [0.25, 0.3) is 0 Å². The number of hydrogen-bond acceptors (Lipinski definition) is 1. The van der Waals surface area contributed by atoms with Crippen molar-refractivity contribution < 1.29 is 9.79 Å². The third-order valence-corrected chi connectivity index (χ3v) is 4.04. The fourth-order valence-electron chi connectivity index (χ4n) is 3.35. The summed E-state index contributed by atoms with van der Waals surface area (Å²) in [4.78, 5) is 15.4. The van der Waals surface area contributed by atoms with Crippen LogP contribution in [0.2, 0.25) is 0 Å². The summed E-state index contributed by atoms with van der Waals surface area (Å²) in [7, 11) is 0. The highest BCUT2D eigenvalue weighted by Gasteiger charge is 2.33. The molecule has 2 fully saturated rings. The molecule has 0 aromatic carbocycles. The van der Waals surface area contributed by atoms with Crippen LogP contribution in [0.4, 0.5) is 0 Å². The van der Waals surface area contributed by atoms with Gasteiger partial charge < -0.3 is 0 Å². The van der Waals surface area contributed by atoms with Gasteiger partial charge >= 0.3 is 0 Å². The van der Waals surface area contributed by atoms with Crippen LogP contribution in [0.3, 0.4) is 0 Å². The van der Waals surface area contributed by atoms with E-state index in [0.29, 0.717) is 18.2 Å². The predicted molar refractivity (Wildman–Crippen MR) is 70.1 cm³/mol. The Morgan fingerprint density at radius 1 is 1.06 bits per heavy atom. The van der Waals surface area contributed by atoms with E-state index in [0.717, 1.165) is 12.8 Å². The maximum atomic E-state index is 11.7. The maximum Gasteiger partial charge on any atom is 0.158 e. The van der Waals surface area contributed by atoms with Gasteiger partial charge in [0.1, 0.15) is 5.78 Å². The number of Topliss-reactive ketones (excluding diaryl/α,β-unsaturated/α-hetero) is 1. The van der Waals surface area contributed by atoms with Gasteiger partial charge in [-0.1, -0.05) is 26.7 Å². The molecule has 2 saturated carbocycles. The lowest BCUT2D eigenvalue weighted by molar-refractivity contribution is -0.507. The molecule has 0 unspecified atom stereocenters. The first-order valence-electron chi connectivity index (χ1n) is 7.18. The summed E-state index contributed by atoms with van der Waals surface area (Å²) in [6, 6.07) is 0.634. The Morgan fingerprint density at radius 2 is 1.71 bits per heavy atom. The van der Waals surface area contributed by atoms with Crippen molar-refractivity contribution in [3.63, 3.8) is 0 Å². The monoisotopic (exact) mass is 236 g/mol. The first-order chi connectivity index (χ1) is 8.05. The van der Waals surface area contributed by atoms with Crippen LogP contribution in [-0.2, 0) is 4.79 Å². The van der Waals surface area contributed by atoms with E-state index >= 15 is 0 Å². The first-order valence-corrected chi connectivity index (χ1v) is 7.18. The van der Waals surface area contributed by atoms with E-state index in [4.69, 9.17) is 0 Å². The van der Waals surface area contributed by atoms with Crippen LogP contribution in [-0.4, -0.2) is 17.5 Å². The molecular weight excluding hydrogens is 210 g/mol. The smallest absolute Gasteiger partial charge is 0.158 e. The fraction of sp³-hybridized carbons (Fsp3) is 0.867. The SMILES string of the molecule is CC1(C)CC(=O)CC(=[NH+]C2CCCCCC2)C1. The Morgan fingerprint density at radius 3 is 2.29 bits per heavy atom. The molecule has 0 saturated heterocycles. The van der Waals surface area contributed by atoms with E-state index in [9.17, 15) is 4.79 Å². The number of carbonyl (C=O) groups is 1. The third kappa shape index (κ3) is 3.93. The second-order valence-corrected chi connectivity index (χ2v) is 6.67. The van der Waals surface area contributed by atoms with Gasteiger partial charge in [0.05, 0.1) is 6.42 Å². The third-order valence-electron chi connectivity index (χ3n) is 4.04. The van der Waals surface area contributed by atoms with Gasteiger partial charge in [-0.15, -0.1) is 0 Å². The van der Waals surface area contributed by atoms with Crippen LogP contribution in [0.5, 0.6) is 0 Å². The molecule has 1 N–H and O–H groups in total. The molecule has 0 spiro atoms. The Hall–Kier alpha value is -0.660. The van der Waals surface area contributed by atoms with Gasteiger partial charge in [-0.3, -0.25) is 4.79 Å². The molecule has 0 aromatic rings. The molecule has 2 aliphatic rings. The number of rotatable bonds is 1. The highest BCUT2D eigenvalue weighted by Crippen LogP contribution is 2.30. The van der Waals surface area contributed by atoms with Crippen molar-refractivity contribution in [3.05, 3.63) is 0 Å². The second kappa shape index (κ2) is 5.32. The topological polar surface area (TPSA) is 31.0 Å². The second-order valence-electron chi connectivity index (χ2n) is 6.67. The van der Waals surface area contributed by atoms with Gasteiger partial charge in [0.2, 0.25) is 0 Å². The minimum absolute atomic E-state index is 0.169. The summed E-state index contributed by atoms with van der Waals surface area (Å²) in [6.07, 6.45) is 10.6. The fourth-order valence-corrected chi connectivity index (χ4v) is 3.35. The van der Waals surface area contributed by atoms with Crippen molar-refractivity contribution in [2.45, 2.75) is 77.7 Å². The molecule has 0 aliphatic heterocycles.